The monoisotopic (exact) mass is 403 g/mol. The van der Waals surface area contributed by atoms with Gasteiger partial charge < -0.3 is 10.1 Å². The minimum Gasteiger partial charge on any atom is -0.496 e. The van der Waals surface area contributed by atoms with E-state index in [0.29, 0.717) is 0 Å². The quantitative estimate of drug-likeness (QED) is 0.741. The summed E-state index contributed by atoms with van der Waals surface area (Å²) >= 11 is 0. The van der Waals surface area contributed by atoms with E-state index in [1.807, 2.05) is 37.3 Å². The van der Waals surface area contributed by atoms with Gasteiger partial charge >= 0.3 is 0 Å². The Morgan fingerprint density at radius 3 is 2.53 bits per heavy atom. The van der Waals surface area contributed by atoms with Crippen LogP contribution in [0.5, 0.6) is 5.75 Å². The van der Waals surface area contributed by atoms with Crippen LogP contribution in [-0.4, -0.2) is 18.8 Å². The third kappa shape index (κ3) is 3.91. The van der Waals surface area contributed by atoms with Gasteiger partial charge in [-0.1, -0.05) is 30.3 Å². The van der Waals surface area contributed by atoms with Gasteiger partial charge in [0.1, 0.15) is 5.75 Å². The minimum atomic E-state index is -0.0117. The molecular formula is C26H29NO3. The van der Waals surface area contributed by atoms with E-state index >= 15 is 0 Å². The number of carbonyl (C=O) groups is 2. The molecule has 2 aliphatic carbocycles. The third-order valence-corrected chi connectivity index (χ3v) is 6.66. The van der Waals surface area contributed by atoms with Crippen LogP contribution >= 0.6 is 0 Å². The number of nitrogens with one attached hydrogen (secondary N) is 1. The van der Waals surface area contributed by atoms with E-state index in [2.05, 4.69) is 24.4 Å². The standard InChI is InChI=1S/C26H29NO3/c1-16-5-4-6-23-21(16)13-14-22(25(23)28)18-8-10-19(11-9-18)26(29)27-20-12-7-17(2)24(15-20)30-3/h4-7,12,14-15,18-19H,8-11,13H2,1-3H3,(H,27,29). The molecule has 4 rings (SSSR count). The number of hydrogen-bond donors (Lipinski definition) is 1. The fraction of sp³-hybridized carbons (Fsp3) is 0.385. The molecule has 0 atom stereocenters. The van der Waals surface area contributed by atoms with Gasteiger partial charge in [0, 0.05) is 23.2 Å². The molecule has 0 heterocycles. The molecule has 2 aromatic carbocycles. The smallest absolute Gasteiger partial charge is 0.227 e. The number of benzene rings is 2. The highest BCUT2D eigenvalue weighted by Crippen LogP contribution is 2.38. The topological polar surface area (TPSA) is 55.4 Å². The van der Waals surface area contributed by atoms with Crippen molar-refractivity contribution in [2.24, 2.45) is 11.8 Å². The molecule has 0 aromatic heterocycles. The molecule has 1 amide bonds. The number of methoxy groups -OCH3 is 1. The van der Waals surface area contributed by atoms with Gasteiger partial charge in [0.25, 0.3) is 0 Å². The Balaban J connectivity index is 1.38. The highest BCUT2D eigenvalue weighted by atomic mass is 16.5. The maximum Gasteiger partial charge on any atom is 0.227 e. The van der Waals surface area contributed by atoms with Gasteiger partial charge in [-0.3, -0.25) is 9.59 Å². The summed E-state index contributed by atoms with van der Waals surface area (Å²) < 4.78 is 5.35. The van der Waals surface area contributed by atoms with Crippen LogP contribution in [0.25, 0.3) is 0 Å². The number of ketones is 1. The maximum atomic E-state index is 13.1. The van der Waals surface area contributed by atoms with Gasteiger partial charge in [-0.05, 0) is 80.2 Å². The second kappa shape index (κ2) is 8.47. The van der Waals surface area contributed by atoms with E-state index in [1.165, 1.54) is 5.56 Å². The van der Waals surface area contributed by atoms with Crippen molar-refractivity contribution in [3.05, 3.63) is 70.3 Å². The van der Waals surface area contributed by atoms with Crippen molar-refractivity contribution in [2.45, 2.75) is 46.0 Å². The number of carbonyl (C=O) groups excluding carboxylic acids is 2. The Labute approximate surface area is 178 Å². The van der Waals surface area contributed by atoms with Crippen LogP contribution in [0.2, 0.25) is 0 Å². The summed E-state index contributed by atoms with van der Waals surface area (Å²) in [6, 6.07) is 11.7. The van der Waals surface area contributed by atoms with Crippen molar-refractivity contribution >= 4 is 17.4 Å². The first-order chi connectivity index (χ1) is 14.5. The number of fused-ring (bicyclic) bond motifs is 1. The fourth-order valence-corrected chi connectivity index (χ4v) is 4.81. The van der Waals surface area contributed by atoms with E-state index in [1.54, 1.807) is 7.11 Å². The van der Waals surface area contributed by atoms with Gasteiger partial charge in [-0.25, -0.2) is 0 Å². The number of ether oxygens (including phenoxy) is 1. The molecule has 0 aliphatic heterocycles. The molecule has 4 heteroatoms. The predicted molar refractivity (Wildman–Crippen MR) is 119 cm³/mol. The van der Waals surface area contributed by atoms with Crippen LogP contribution in [-0.2, 0) is 11.2 Å². The molecule has 4 nitrogen and oxygen atoms in total. The van der Waals surface area contributed by atoms with Crippen LogP contribution in [0.3, 0.4) is 0 Å². The second-order valence-electron chi connectivity index (χ2n) is 8.52. The predicted octanol–water partition coefficient (Wildman–Crippen LogP) is 5.42. The number of hydrogen-bond acceptors (Lipinski definition) is 3. The van der Waals surface area contributed by atoms with Crippen molar-refractivity contribution < 1.29 is 14.3 Å². The highest BCUT2D eigenvalue weighted by molar-refractivity contribution is 6.11. The summed E-state index contributed by atoms with van der Waals surface area (Å²) in [5.41, 5.74) is 5.97. The molecule has 0 saturated heterocycles. The lowest BCUT2D eigenvalue weighted by atomic mass is 9.74. The number of rotatable bonds is 4. The average molecular weight is 404 g/mol. The van der Waals surface area contributed by atoms with Crippen molar-refractivity contribution in [1.82, 2.24) is 0 Å². The zero-order valence-electron chi connectivity index (χ0n) is 18.0. The molecule has 1 fully saturated rings. The second-order valence-corrected chi connectivity index (χ2v) is 8.52. The summed E-state index contributed by atoms with van der Waals surface area (Å²) in [4.78, 5) is 25.8. The Hall–Kier alpha value is -2.88. The molecule has 2 aromatic rings. The zero-order valence-corrected chi connectivity index (χ0v) is 18.0. The van der Waals surface area contributed by atoms with Crippen molar-refractivity contribution in [3.8, 4) is 5.75 Å². The lowest BCUT2D eigenvalue weighted by Gasteiger charge is -2.31. The van der Waals surface area contributed by atoms with E-state index in [4.69, 9.17) is 4.74 Å². The zero-order chi connectivity index (χ0) is 21.3. The lowest BCUT2D eigenvalue weighted by molar-refractivity contribution is -0.120. The number of allylic oxidation sites excluding steroid dienone is 2. The van der Waals surface area contributed by atoms with Crippen LogP contribution in [0.15, 0.2) is 48.0 Å². The maximum absolute atomic E-state index is 13.1. The van der Waals surface area contributed by atoms with Crippen LogP contribution < -0.4 is 10.1 Å². The van der Waals surface area contributed by atoms with Gasteiger partial charge in [0.2, 0.25) is 5.91 Å². The van der Waals surface area contributed by atoms with E-state index in [0.717, 1.165) is 65.8 Å². The Kier molecular flexibility index (Phi) is 5.76. The molecule has 0 unspecified atom stereocenters. The van der Waals surface area contributed by atoms with Crippen LogP contribution in [0.4, 0.5) is 5.69 Å². The summed E-state index contributed by atoms with van der Waals surface area (Å²) in [6.07, 6.45) is 6.34. The summed E-state index contributed by atoms with van der Waals surface area (Å²) in [5.74, 6) is 1.26. The first kappa shape index (κ1) is 20.4. The number of amides is 1. The van der Waals surface area contributed by atoms with E-state index in [-0.39, 0.29) is 23.5 Å². The minimum absolute atomic E-state index is 0.0117. The molecule has 1 saturated carbocycles. The first-order valence-corrected chi connectivity index (χ1v) is 10.8. The highest BCUT2D eigenvalue weighted by Gasteiger charge is 2.32. The molecule has 2 aliphatic rings. The third-order valence-electron chi connectivity index (χ3n) is 6.66. The molecule has 30 heavy (non-hydrogen) atoms. The molecular weight excluding hydrogens is 374 g/mol. The summed E-state index contributed by atoms with van der Waals surface area (Å²) in [5, 5.41) is 3.04. The van der Waals surface area contributed by atoms with Crippen LogP contribution in [0, 0.1) is 25.7 Å². The van der Waals surface area contributed by atoms with Crippen molar-refractivity contribution in [2.75, 3.05) is 12.4 Å². The van der Waals surface area contributed by atoms with E-state index < -0.39 is 0 Å². The normalized spacial score (nSPS) is 20.9. The Bertz CT molecular complexity index is 1010. The Morgan fingerprint density at radius 2 is 1.80 bits per heavy atom. The van der Waals surface area contributed by atoms with Crippen molar-refractivity contribution in [1.29, 1.82) is 0 Å². The number of Topliss-reactive ketones (excluding diaryl/α,β-unsaturated/α-hetero) is 1. The van der Waals surface area contributed by atoms with E-state index in [9.17, 15) is 9.59 Å². The summed E-state index contributed by atoms with van der Waals surface area (Å²) in [7, 11) is 1.64. The lowest BCUT2D eigenvalue weighted by Crippen LogP contribution is -2.29. The molecule has 0 spiro atoms. The number of anilines is 1. The summed E-state index contributed by atoms with van der Waals surface area (Å²) in [6.45, 7) is 4.05. The first-order valence-electron chi connectivity index (χ1n) is 10.8. The fourth-order valence-electron chi connectivity index (χ4n) is 4.81. The van der Waals surface area contributed by atoms with Gasteiger partial charge in [0.05, 0.1) is 7.11 Å². The SMILES string of the molecule is COc1cc(NC(=O)C2CCC(C3=CCc4c(C)cccc4C3=O)CC2)ccc1C. The van der Waals surface area contributed by atoms with Gasteiger partial charge in [-0.15, -0.1) is 0 Å². The number of aryl methyl sites for hydroxylation is 2. The molecule has 0 bridgehead atoms. The van der Waals surface area contributed by atoms with Crippen LogP contribution in [0.1, 0.15) is 52.7 Å². The molecule has 156 valence electrons. The Morgan fingerprint density at radius 1 is 1.03 bits per heavy atom. The van der Waals surface area contributed by atoms with Gasteiger partial charge in [-0.2, -0.15) is 0 Å². The molecule has 0 radical (unpaired) electrons. The largest absolute Gasteiger partial charge is 0.496 e. The van der Waals surface area contributed by atoms with Crippen molar-refractivity contribution in [3.63, 3.8) is 0 Å². The van der Waals surface area contributed by atoms with Gasteiger partial charge in [0.15, 0.2) is 5.78 Å². The molecule has 1 N–H and O–H groups in total. The average Bonchev–Trinajstić information content (AvgIpc) is 2.76.